The Morgan fingerprint density at radius 3 is 2.74 bits per heavy atom. The first-order valence-corrected chi connectivity index (χ1v) is 8.52. The fraction of sp³-hybridized carbons (Fsp3) is 0.381. The van der Waals surface area contributed by atoms with Crippen molar-refractivity contribution in [1.29, 1.82) is 0 Å². The van der Waals surface area contributed by atoms with Gasteiger partial charge in [0.05, 0.1) is 5.56 Å². The Morgan fingerprint density at radius 2 is 1.96 bits per heavy atom. The molecule has 1 heterocycles. The Hall–Kier alpha value is -2.09. The van der Waals surface area contributed by atoms with Crippen molar-refractivity contribution < 1.29 is 9.53 Å². The van der Waals surface area contributed by atoms with Crippen LogP contribution in [0.4, 0.5) is 0 Å². The van der Waals surface area contributed by atoms with Crippen molar-refractivity contribution in [1.82, 2.24) is 0 Å². The van der Waals surface area contributed by atoms with Crippen LogP contribution in [0.25, 0.3) is 0 Å². The molecule has 2 unspecified atom stereocenters. The van der Waals surface area contributed by atoms with Gasteiger partial charge in [0.15, 0.2) is 0 Å². The maximum Gasteiger partial charge on any atom is 0.339 e. The van der Waals surface area contributed by atoms with E-state index < -0.39 is 0 Å². The number of cyclic esters (lactones) is 1. The highest BCUT2D eigenvalue weighted by Gasteiger charge is 2.34. The largest absolute Gasteiger partial charge is 0.454 e. The molecule has 2 aromatic carbocycles. The number of hydrogen-bond acceptors (Lipinski definition) is 2. The molecule has 0 N–H and O–H groups in total. The van der Waals surface area contributed by atoms with Crippen LogP contribution in [-0.2, 0) is 11.2 Å². The average molecular weight is 306 g/mol. The highest BCUT2D eigenvalue weighted by Crippen LogP contribution is 2.44. The molecule has 4 rings (SSSR count). The van der Waals surface area contributed by atoms with Crippen LogP contribution in [0.3, 0.4) is 0 Å². The summed E-state index contributed by atoms with van der Waals surface area (Å²) in [6.45, 7) is 6.46. The van der Waals surface area contributed by atoms with E-state index in [1.807, 2.05) is 19.1 Å². The Bertz CT molecular complexity index is 788. The van der Waals surface area contributed by atoms with Gasteiger partial charge in [-0.15, -0.1) is 0 Å². The number of ether oxygens (including phenoxy) is 1. The molecule has 0 fully saturated rings. The fourth-order valence-electron chi connectivity index (χ4n) is 4.12. The fourth-order valence-corrected chi connectivity index (χ4v) is 4.12. The lowest BCUT2D eigenvalue weighted by molar-refractivity contribution is 0.0421. The van der Waals surface area contributed by atoms with Crippen LogP contribution >= 0.6 is 0 Å². The van der Waals surface area contributed by atoms with Gasteiger partial charge < -0.3 is 4.74 Å². The zero-order chi connectivity index (χ0) is 16.1. The van der Waals surface area contributed by atoms with Gasteiger partial charge in [-0.25, -0.2) is 4.79 Å². The van der Waals surface area contributed by atoms with Crippen LogP contribution < -0.4 is 0 Å². The Labute approximate surface area is 137 Å². The number of benzene rings is 2. The molecule has 2 atom stereocenters. The second-order valence-corrected chi connectivity index (χ2v) is 7.06. The van der Waals surface area contributed by atoms with Crippen LogP contribution in [0.15, 0.2) is 36.4 Å². The number of hydrogen-bond donors (Lipinski definition) is 0. The van der Waals surface area contributed by atoms with E-state index >= 15 is 0 Å². The summed E-state index contributed by atoms with van der Waals surface area (Å²) in [4.78, 5) is 12.0. The summed E-state index contributed by atoms with van der Waals surface area (Å²) >= 11 is 0. The molecule has 0 radical (unpaired) electrons. The molecule has 0 saturated carbocycles. The Balaban J connectivity index is 1.80. The summed E-state index contributed by atoms with van der Waals surface area (Å²) in [6.07, 6.45) is 2.11. The highest BCUT2D eigenvalue weighted by molar-refractivity contribution is 5.94. The third-order valence-corrected chi connectivity index (χ3v) is 5.34. The van der Waals surface area contributed by atoms with Gasteiger partial charge in [-0.1, -0.05) is 44.2 Å². The number of aryl methyl sites for hydroxylation is 1. The molecule has 23 heavy (non-hydrogen) atoms. The Morgan fingerprint density at radius 1 is 1.13 bits per heavy atom. The molecule has 1 aliphatic carbocycles. The monoisotopic (exact) mass is 306 g/mol. The van der Waals surface area contributed by atoms with Crippen LogP contribution in [0.2, 0.25) is 0 Å². The van der Waals surface area contributed by atoms with E-state index in [1.165, 1.54) is 22.3 Å². The minimum atomic E-state index is -0.178. The molecule has 0 aromatic heterocycles. The normalized spacial score (nSPS) is 22.2. The molecule has 1 aliphatic heterocycles. The van der Waals surface area contributed by atoms with Gasteiger partial charge in [0.25, 0.3) is 0 Å². The molecule has 2 aromatic rings. The van der Waals surface area contributed by atoms with E-state index in [4.69, 9.17) is 4.74 Å². The maximum absolute atomic E-state index is 12.0. The van der Waals surface area contributed by atoms with Crippen molar-refractivity contribution in [2.45, 2.75) is 51.6 Å². The summed E-state index contributed by atoms with van der Waals surface area (Å²) in [7, 11) is 0. The van der Waals surface area contributed by atoms with Crippen LogP contribution in [0, 0.1) is 0 Å². The predicted molar refractivity (Wildman–Crippen MR) is 91.0 cm³/mol. The lowest BCUT2D eigenvalue weighted by Crippen LogP contribution is -2.03. The predicted octanol–water partition coefficient (Wildman–Crippen LogP) is 5.12. The Kier molecular flexibility index (Phi) is 3.29. The third kappa shape index (κ3) is 2.20. The summed E-state index contributed by atoms with van der Waals surface area (Å²) in [5, 5.41) is 0. The van der Waals surface area contributed by atoms with E-state index in [1.54, 1.807) is 0 Å². The quantitative estimate of drug-likeness (QED) is 0.720. The third-order valence-electron chi connectivity index (χ3n) is 5.34. The minimum Gasteiger partial charge on any atom is -0.454 e. The molecule has 118 valence electrons. The van der Waals surface area contributed by atoms with E-state index in [-0.39, 0.29) is 12.1 Å². The van der Waals surface area contributed by atoms with Gasteiger partial charge in [-0.05, 0) is 54.0 Å². The second-order valence-electron chi connectivity index (χ2n) is 7.06. The lowest BCUT2D eigenvalue weighted by Gasteiger charge is -2.18. The van der Waals surface area contributed by atoms with Gasteiger partial charge in [0.1, 0.15) is 6.10 Å². The molecule has 2 aliphatic rings. The van der Waals surface area contributed by atoms with Crippen molar-refractivity contribution in [3.63, 3.8) is 0 Å². The van der Waals surface area contributed by atoms with Gasteiger partial charge in [-0.3, -0.25) is 0 Å². The zero-order valence-electron chi connectivity index (χ0n) is 13.9. The van der Waals surface area contributed by atoms with Gasteiger partial charge >= 0.3 is 5.97 Å². The maximum atomic E-state index is 12.0. The topological polar surface area (TPSA) is 26.3 Å². The van der Waals surface area contributed by atoms with Crippen molar-refractivity contribution in [3.8, 4) is 0 Å². The van der Waals surface area contributed by atoms with Gasteiger partial charge in [-0.2, -0.15) is 0 Å². The standard InChI is InChI=1S/C21H22O2/c1-12(2)14-7-9-16-15(11-14)8-10-17(16)18-5-4-6-19-20(18)13(3)23-21(19)22/h4-7,9,11-13,17H,8,10H2,1-3H3. The van der Waals surface area contributed by atoms with Gasteiger partial charge in [0.2, 0.25) is 0 Å². The summed E-state index contributed by atoms with van der Waals surface area (Å²) in [6, 6.07) is 13.0. The first-order valence-electron chi connectivity index (χ1n) is 8.52. The van der Waals surface area contributed by atoms with Crippen molar-refractivity contribution in [2.24, 2.45) is 0 Å². The molecule has 0 bridgehead atoms. The summed E-state index contributed by atoms with van der Waals surface area (Å²) in [5.41, 5.74) is 7.43. The summed E-state index contributed by atoms with van der Waals surface area (Å²) < 4.78 is 5.43. The van der Waals surface area contributed by atoms with Crippen molar-refractivity contribution in [2.75, 3.05) is 0 Å². The smallest absolute Gasteiger partial charge is 0.339 e. The molecule has 0 amide bonds. The van der Waals surface area contributed by atoms with E-state index in [0.717, 1.165) is 24.0 Å². The molecular weight excluding hydrogens is 284 g/mol. The number of rotatable bonds is 2. The second kappa shape index (κ2) is 5.23. The summed E-state index contributed by atoms with van der Waals surface area (Å²) in [5.74, 6) is 0.771. The first-order chi connectivity index (χ1) is 11.1. The van der Waals surface area contributed by atoms with Crippen LogP contribution in [0.5, 0.6) is 0 Å². The van der Waals surface area contributed by atoms with E-state index in [9.17, 15) is 4.79 Å². The molecule has 2 nitrogen and oxygen atoms in total. The number of carbonyl (C=O) groups is 1. The number of carbonyl (C=O) groups excluding carboxylic acids is 1. The van der Waals surface area contributed by atoms with Crippen LogP contribution in [-0.4, -0.2) is 5.97 Å². The highest BCUT2D eigenvalue weighted by atomic mass is 16.5. The van der Waals surface area contributed by atoms with Crippen molar-refractivity contribution >= 4 is 5.97 Å². The average Bonchev–Trinajstić information content (AvgIpc) is 3.08. The molecule has 0 spiro atoms. The number of esters is 1. The lowest BCUT2D eigenvalue weighted by atomic mass is 9.86. The van der Waals surface area contributed by atoms with Crippen molar-refractivity contribution in [3.05, 3.63) is 69.8 Å². The van der Waals surface area contributed by atoms with E-state index in [0.29, 0.717) is 11.8 Å². The zero-order valence-corrected chi connectivity index (χ0v) is 13.9. The molecular formula is C21H22O2. The van der Waals surface area contributed by atoms with Gasteiger partial charge in [0, 0.05) is 11.5 Å². The van der Waals surface area contributed by atoms with Crippen LogP contribution in [0.1, 0.15) is 83.3 Å². The first kappa shape index (κ1) is 14.5. The number of fused-ring (bicyclic) bond motifs is 2. The SMILES string of the molecule is CC(C)c1ccc2c(c1)CCC2c1cccc2c1C(C)OC2=O. The molecule has 2 heteroatoms. The minimum absolute atomic E-state index is 0.132. The van der Waals surface area contributed by atoms with E-state index in [2.05, 4.69) is 38.1 Å². The molecule has 0 saturated heterocycles.